The highest BCUT2D eigenvalue weighted by atomic mass is 35.5. The van der Waals surface area contributed by atoms with Gasteiger partial charge in [-0.25, -0.2) is 4.98 Å². The molecule has 2 atom stereocenters. The van der Waals surface area contributed by atoms with E-state index in [1.807, 2.05) is 0 Å². The zero-order chi connectivity index (χ0) is 11.1. The first-order chi connectivity index (χ1) is 7.79. The molecular weight excluding hydrogens is 244 g/mol. The molecule has 1 aromatic rings. The van der Waals surface area contributed by atoms with Gasteiger partial charge in [0.1, 0.15) is 0 Å². The third-order valence-electron chi connectivity index (χ3n) is 3.12. The predicted octanol–water partition coefficient (Wildman–Crippen LogP) is 2.38. The zero-order valence-electron chi connectivity index (χ0n) is 8.74. The number of hydrogen-bond donors (Lipinski definition) is 2. The molecule has 3 rings (SSSR count). The van der Waals surface area contributed by atoms with Crippen molar-refractivity contribution in [3.05, 3.63) is 17.5 Å². The Bertz CT molecular complexity index is 443. The van der Waals surface area contributed by atoms with Gasteiger partial charge in [-0.05, 0) is 18.4 Å². The topological polar surface area (TPSA) is 48.9 Å². The molecule has 0 radical (unpaired) electrons. The van der Waals surface area contributed by atoms with Crippen LogP contribution in [0, 0.1) is 0 Å². The number of imidazole rings is 1. The van der Waals surface area contributed by atoms with E-state index in [0.717, 1.165) is 10.9 Å². The molecule has 0 spiro atoms. The third-order valence-corrected chi connectivity index (χ3v) is 4.49. The van der Waals surface area contributed by atoms with Crippen LogP contribution in [0.5, 0.6) is 0 Å². The van der Waals surface area contributed by atoms with Gasteiger partial charge >= 0.3 is 0 Å². The smallest absolute Gasteiger partial charge is 0.166 e. The van der Waals surface area contributed by atoms with E-state index in [2.05, 4.69) is 16.0 Å². The van der Waals surface area contributed by atoms with Gasteiger partial charge in [-0.3, -0.25) is 0 Å². The van der Waals surface area contributed by atoms with E-state index in [1.165, 1.54) is 35.9 Å². The number of aliphatic hydroxyl groups excluding tert-OH is 1. The number of thioether (sulfide) groups is 1. The summed E-state index contributed by atoms with van der Waals surface area (Å²) in [6.45, 7) is 0. The summed E-state index contributed by atoms with van der Waals surface area (Å²) >= 11 is 7.08. The monoisotopic (exact) mass is 256 g/mol. The van der Waals surface area contributed by atoms with Crippen LogP contribution in [0.4, 0.5) is 0 Å². The van der Waals surface area contributed by atoms with Crippen LogP contribution in [0.1, 0.15) is 30.1 Å². The Hall–Kier alpha value is -0.450. The van der Waals surface area contributed by atoms with E-state index in [-0.39, 0.29) is 5.88 Å². The van der Waals surface area contributed by atoms with Gasteiger partial charge in [-0.15, -0.1) is 11.6 Å². The number of nitrogens with zero attached hydrogens (tertiary/aromatic N) is 1. The highest BCUT2D eigenvalue weighted by Gasteiger charge is 2.38. The van der Waals surface area contributed by atoms with Crippen molar-refractivity contribution < 1.29 is 5.11 Å². The maximum Gasteiger partial charge on any atom is 0.166 e. The molecule has 3 nitrogen and oxygen atoms in total. The van der Waals surface area contributed by atoms with E-state index in [9.17, 15) is 5.11 Å². The number of hydrogen-bond acceptors (Lipinski definition) is 3. The maximum atomic E-state index is 9.37. The van der Waals surface area contributed by atoms with Crippen LogP contribution in [0.2, 0.25) is 0 Å². The molecule has 5 heteroatoms. The number of halogens is 1. The minimum Gasteiger partial charge on any atom is -0.391 e. The van der Waals surface area contributed by atoms with Gasteiger partial charge in [0.25, 0.3) is 0 Å². The van der Waals surface area contributed by atoms with Crippen molar-refractivity contribution in [3.63, 3.8) is 0 Å². The summed E-state index contributed by atoms with van der Waals surface area (Å²) < 4.78 is 0. The van der Waals surface area contributed by atoms with Crippen molar-refractivity contribution in [3.8, 4) is 0 Å². The Kier molecular flexibility index (Phi) is 2.73. The number of rotatable bonds is 4. The number of nitrogens with one attached hydrogen (secondary N) is 1. The molecule has 1 heterocycles. The van der Waals surface area contributed by atoms with E-state index < -0.39 is 6.10 Å². The molecule has 0 fully saturated rings. The Morgan fingerprint density at radius 3 is 3.38 bits per heavy atom. The van der Waals surface area contributed by atoms with Gasteiger partial charge < -0.3 is 10.1 Å². The van der Waals surface area contributed by atoms with Crippen molar-refractivity contribution in [2.75, 3.05) is 11.6 Å². The van der Waals surface area contributed by atoms with Crippen LogP contribution >= 0.6 is 23.4 Å². The van der Waals surface area contributed by atoms with Gasteiger partial charge in [0.15, 0.2) is 5.16 Å². The molecule has 0 aromatic carbocycles. The number of H-pyrrole nitrogens is 1. The lowest BCUT2D eigenvalue weighted by Gasteiger charge is -2.23. The molecule has 2 N–H and O–H groups in total. The van der Waals surface area contributed by atoms with E-state index in [0.29, 0.717) is 11.7 Å². The second kappa shape index (κ2) is 4.09. The molecule has 2 aliphatic carbocycles. The first-order valence-electron chi connectivity index (χ1n) is 5.46. The van der Waals surface area contributed by atoms with Crippen molar-refractivity contribution in [1.82, 2.24) is 9.97 Å². The summed E-state index contributed by atoms with van der Waals surface area (Å²) in [6.07, 6.45) is 4.23. The summed E-state index contributed by atoms with van der Waals surface area (Å²) in [5, 5.41) is 10.3. The van der Waals surface area contributed by atoms with Crippen LogP contribution < -0.4 is 0 Å². The van der Waals surface area contributed by atoms with Gasteiger partial charge in [0.2, 0.25) is 0 Å². The quantitative estimate of drug-likeness (QED) is 0.642. The fourth-order valence-electron chi connectivity index (χ4n) is 2.31. The minimum absolute atomic E-state index is 0.279. The standard InChI is InChI=1S/C11H13ClN2OS/c12-4-6(15)5-16-11-13-9-7-2-1-3-8(7)10(9)14-11/h2,6,8,15H,1,3-5H2,(H,13,14)/t6-,8+/m1/s1. The molecule has 86 valence electrons. The number of fused-ring (bicyclic) bond motifs is 4. The van der Waals surface area contributed by atoms with E-state index in [4.69, 9.17) is 11.6 Å². The molecule has 2 aliphatic rings. The maximum absolute atomic E-state index is 9.37. The van der Waals surface area contributed by atoms with E-state index in [1.54, 1.807) is 0 Å². The Labute approximate surface area is 103 Å². The first kappa shape index (κ1) is 10.7. The number of aromatic amines is 1. The van der Waals surface area contributed by atoms with Crippen LogP contribution in [-0.2, 0) is 0 Å². The minimum atomic E-state index is -0.455. The lowest BCUT2D eigenvalue weighted by Crippen LogP contribution is -2.11. The normalized spacial score (nSPS) is 23.4. The van der Waals surface area contributed by atoms with Crippen molar-refractivity contribution in [2.45, 2.75) is 30.0 Å². The van der Waals surface area contributed by atoms with Gasteiger partial charge in [-0.2, -0.15) is 0 Å². The number of alkyl halides is 1. The SMILES string of the molecule is O[C@H](CCl)CSc1nc2c([nH]1)[C@H]1CCC=C21. The number of aliphatic hydroxyl groups is 1. The summed E-state index contributed by atoms with van der Waals surface area (Å²) in [5.74, 6) is 1.48. The predicted molar refractivity (Wildman–Crippen MR) is 66.0 cm³/mol. The highest BCUT2D eigenvalue weighted by Crippen LogP contribution is 2.51. The summed E-state index contributed by atoms with van der Waals surface area (Å²) in [6, 6.07) is 0. The Balaban J connectivity index is 1.70. The third kappa shape index (κ3) is 1.60. The van der Waals surface area contributed by atoms with Crippen molar-refractivity contribution in [2.24, 2.45) is 0 Å². The average molecular weight is 257 g/mol. The Morgan fingerprint density at radius 2 is 2.56 bits per heavy atom. The van der Waals surface area contributed by atoms with E-state index >= 15 is 0 Å². The fraction of sp³-hybridized carbons (Fsp3) is 0.545. The van der Waals surface area contributed by atoms with Gasteiger partial charge in [-0.1, -0.05) is 17.8 Å². The second-order valence-corrected chi connectivity index (χ2v) is 5.53. The van der Waals surface area contributed by atoms with Gasteiger partial charge in [0, 0.05) is 17.6 Å². The molecule has 0 bridgehead atoms. The first-order valence-corrected chi connectivity index (χ1v) is 6.98. The molecule has 0 saturated carbocycles. The molecule has 0 unspecified atom stereocenters. The summed E-state index contributed by atoms with van der Waals surface area (Å²) in [5.41, 5.74) is 3.84. The average Bonchev–Trinajstić information content (AvgIpc) is 2.85. The number of allylic oxidation sites excluding steroid dienone is 2. The largest absolute Gasteiger partial charge is 0.391 e. The fourth-order valence-corrected chi connectivity index (χ4v) is 3.36. The molecule has 16 heavy (non-hydrogen) atoms. The lowest BCUT2D eigenvalue weighted by atomic mass is 9.83. The highest BCUT2D eigenvalue weighted by molar-refractivity contribution is 7.99. The second-order valence-electron chi connectivity index (χ2n) is 4.21. The van der Waals surface area contributed by atoms with Crippen LogP contribution in [0.3, 0.4) is 0 Å². The Morgan fingerprint density at radius 1 is 1.69 bits per heavy atom. The van der Waals surface area contributed by atoms with Crippen LogP contribution in [-0.4, -0.2) is 32.8 Å². The number of aromatic nitrogens is 2. The van der Waals surface area contributed by atoms with Gasteiger partial charge in [0.05, 0.1) is 17.5 Å². The molecule has 0 saturated heterocycles. The molecular formula is C11H13ClN2OS. The van der Waals surface area contributed by atoms with Crippen molar-refractivity contribution >= 4 is 28.9 Å². The lowest BCUT2D eigenvalue weighted by molar-refractivity contribution is 0.223. The van der Waals surface area contributed by atoms with Crippen molar-refractivity contribution in [1.29, 1.82) is 0 Å². The molecule has 1 aromatic heterocycles. The van der Waals surface area contributed by atoms with Crippen LogP contribution in [0.25, 0.3) is 5.57 Å². The van der Waals surface area contributed by atoms with Crippen LogP contribution in [0.15, 0.2) is 11.2 Å². The summed E-state index contributed by atoms with van der Waals surface area (Å²) in [7, 11) is 0. The molecule has 0 amide bonds. The zero-order valence-corrected chi connectivity index (χ0v) is 10.3. The summed E-state index contributed by atoms with van der Waals surface area (Å²) in [4.78, 5) is 7.87. The molecule has 0 aliphatic heterocycles.